The highest BCUT2D eigenvalue weighted by Gasteiger charge is 2.35. The molecule has 1 N–H and O–H groups in total. The van der Waals surface area contributed by atoms with Crippen molar-refractivity contribution in [3.8, 4) is 0 Å². The van der Waals surface area contributed by atoms with E-state index < -0.39 is 11.0 Å². The molecule has 0 aromatic heterocycles. The summed E-state index contributed by atoms with van der Waals surface area (Å²) in [7, 11) is 0. The van der Waals surface area contributed by atoms with Crippen LogP contribution in [0.15, 0.2) is 84.6 Å². The van der Waals surface area contributed by atoms with E-state index in [1.165, 1.54) is 12.1 Å². The number of hydrogen-bond donors (Lipinski definition) is 1. The summed E-state index contributed by atoms with van der Waals surface area (Å²) in [4.78, 5) is 25.8. The van der Waals surface area contributed by atoms with Crippen molar-refractivity contribution < 1.29 is 9.72 Å². The van der Waals surface area contributed by atoms with E-state index in [-0.39, 0.29) is 11.6 Å². The smallest absolute Gasteiger partial charge is 0.275 e. The van der Waals surface area contributed by atoms with Crippen LogP contribution in [-0.4, -0.2) is 10.8 Å². The fourth-order valence-electron chi connectivity index (χ4n) is 3.50. The zero-order chi connectivity index (χ0) is 21.3. The summed E-state index contributed by atoms with van der Waals surface area (Å²) in [5.74, 6) is -0.184. The van der Waals surface area contributed by atoms with Gasteiger partial charge in [-0.2, -0.15) is 0 Å². The average molecular weight is 399 g/mol. The van der Waals surface area contributed by atoms with Crippen molar-refractivity contribution in [2.45, 2.75) is 19.9 Å². The van der Waals surface area contributed by atoms with Gasteiger partial charge in [0.05, 0.1) is 11.0 Å². The van der Waals surface area contributed by atoms with Crippen LogP contribution in [0.2, 0.25) is 0 Å². The molecule has 0 aliphatic carbocycles. The van der Waals surface area contributed by atoms with E-state index in [1.54, 1.807) is 17.0 Å². The van der Waals surface area contributed by atoms with E-state index in [4.69, 9.17) is 0 Å². The van der Waals surface area contributed by atoms with Crippen LogP contribution in [0.4, 0.5) is 17.1 Å². The summed E-state index contributed by atoms with van der Waals surface area (Å²) in [6.07, 6.45) is 1.82. The Labute approximate surface area is 174 Å². The molecule has 1 aliphatic rings. The van der Waals surface area contributed by atoms with Gasteiger partial charge in [-0.15, -0.1) is 0 Å². The minimum absolute atomic E-state index is 0.00264. The molecule has 0 fully saturated rings. The van der Waals surface area contributed by atoms with E-state index >= 15 is 0 Å². The molecule has 0 bridgehead atoms. The number of aryl methyl sites for hydroxylation is 2. The van der Waals surface area contributed by atoms with Gasteiger partial charge in [-0.1, -0.05) is 47.5 Å². The first kappa shape index (κ1) is 19.4. The normalized spacial score (nSPS) is 15.8. The number of nitro groups is 1. The molecule has 150 valence electrons. The van der Waals surface area contributed by atoms with Crippen molar-refractivity contribution in [2.24, 2.45) is 0 Å². The lowest BCUT2D eigenvalue weighted by atomic mass is 10.0. The number of nitrogens with zero attached hydrogens (tertiary/aromatic N) is 2. The van der Waals surface area contributed by atoms with Gasteiger partial charge in [0.2, 0.25) is 0 Å². The first-order valence-corrected chi connectivity index (χ1v) is 9.62. The molecule has 6 heteroatoms. The molecule has 0 saturated heterocycles. The molecule has 6 nitrogen and oxygen atoms in total. The Kier molecular flexibility index (Phi) is 5.06. The Bertz CT molecular complexity index is 1140. The second kappa shape index (κ2) is 7.83. The molecule has 3 aromatic carbocycles. The molecule has 0 unspecified atom stereocenters. The molecule has 4 rings (SSSR count). The highest BCUT2D eigenvalue weighted by atomic mass is 16.6. The van der Waals surface area contributed by atoms with Crippen molar-refractivity contribution in [1.82, 2.24) is 0 Å². The maximum absolute atomic E-state index is 13.3. The second-order valence-corrected chi connectivity index (χ2v) is 7.38. The van der Waals surface area contributed by atoms with Gasteiger partial charge in [0.15, 0.2) is 0 Å². The lowest BCUT2D eigenvalue weighted by Gasteiger charge is -2.25. The summed E-state index contributed by atoms with van der Waals surface area (Å²) in [5, 5.41) is 14.5. The van der Waals surface area contributed by atoms with E-state index in [9.17, 15) is 14.9 Å². The van der Waals surface area contributed by atoms with Crippen molar-refractivity contribution in [1.29, 1.82) is 0 Å². The van der Waals surface area contributed by atoms with Crippen LogP contribution in [0.3, 0.4) is 0 Å². The zero-order valence-corrected chi connectivity index (χ0v) is 16.7. The number of nitro benzene ring substituents is 1. The average Bonchev–Trinajstić information content (AvgIpc) is 3.06. The molecular formula is C24H21N3O3. The molecule has 0 saturated carbocycles. The highest BCUT2D eigenvalue weighted by Crippen LogP contribution is 2.37. The molecule has 1 aliphatic heterocycles. The summed E-state index contributed by atoms with van der Waals surface area (Å²) in [6.45, 7) is 3.98. The number of benzene rings is 3. The Hall–Kier alpha value is -3.93. The lowest BCUT2D eigenvalue weighted by molar-refractivity contribution is -0.384. The molecule has 1 heterocycles. The SMILES string of the molecule is Cc1ccc(NC2=C[C@@H](c3cccc([N+](=O)[O-])c3)N(c3ccc(C)cc3)C2=O)cc1. The van der Waals surface area contributed by atoms with Crippen molar-refractivity contribution in [2.75, 3.05) is 10.2 Å². The van der Waals surface area contributed by atoms with Gasteiger partial charge in [0, 0.05) is 23.5 Å². The van der Waals surface area contributed by atoms with E-state index in [0.717, 1.165) is 22.5 Å². The second-order valence-electron chi connectivity index (χ2n) is 7.38. The van der Waals surface area contributed by atoms with Gasteiger partial charge in [-0.3, -0.25) is 19.8 Å². The molecule has 0 spiro atoms. The number of amides is 1. The number of hydrogen-bond acceptors (Lipinski definition) is 4. The van der Waals surface area contributed by atoms with Crippen molar-refractivity contribution in [3.05, 3.63) is 111 Å². The Balaban J connectivity index is 1.75. The number of carbonyl (C=O) groups is 1. The third kappa shape index (κ3) is 3.80. The summed E-state index contributed by atoms with van der Waals surface area (Å²) >= 11 is 0. The molecule has 1 amide bonds. The first-order valence-electron chi connectivity index (χ1n) is 9.62. The standard InChI is InChI=1S/C24H21N3O3/c1-16-6-10-19(11-7-16)25-22-15-23(18-4-3-5-21(14-18)27(29)30)26(24(22)28)20-12-8-17(2)9-13-20/h3-15,23,25H,1-2H3/t23-/m0/s1. The predicted octanol–water partition coefficient (Wildman–Crippen LogP) is 5.30. The third-order valence-electron chi connectivity index (χ3n) is 5.12. The number of nitrogens with one attached hydrogen (secondary N) is 1. The van der Waals surface area contributed by atoms with Gasteiger partial charge < -0.3 is 5.32 Å². The molecule has 3 aromatic rings. The number of non-ortho nitro benzene ring substituents is 1. The highest BCUT2D eigenvalue weighted by molar-refractivity contribution is 6.11. The Morgan fingerprint density at radius 2 is 1.57 bits per heavy atom. The minimum Gasteiger partial charge on any atom is -0.351 e. The quantitative estimate of drug-likeness (QED) is 0.467. The maximum Gasteiger partial charge on any atom is 0.275 e. The first-order chi connectivity index (χ1) is 14.4. The van der Waals surface area contributed by atoms with Crippen molar-refractivity contribution in [3.63, 3.8) is 0 Å². The Morgan fingerprint density at radius 3 is 2.20 bits per heavy atom. The van der Waals surface area contributed by atoms with Gasteiger partial charge in [-0.25, -0.2) is 0 Å². The summed E-state index contributed by atoms with van der Waals surface area (Å²) in [5.41, 5.74) is 4.88. The van der Waals surface area contributed by atoms with Crippen LogP contribution in [0.5, 0.6) is 0 Å². The van der Waals surface area contributed by atoms with Gasteiger partial charge >= 0.3 is 0 Å². The molecule has 30 heavy (non-hydrogen) atoms. The Morgan fingerprint density at radius 1 is 0.933 bits per heavy atom. The van der Waals surface area contributed by atoms with Crippen molar-refractivity contribution >= 4 is 23.0 Å². The molecule has 1 atom stereocenters. The summed E-state index contributed by atoms with van der Waals surface area (Å²) < 4.78 is 0. The molecule has 0 radical (unpaired) electrons. The third-order valence-corrected chi connectivity index (χ3v) is 5.12. The monoisotopic (exact) mass is 399 g/mol. The van der Waals surface area contributed by atoms with Gasteiger partial charge in [0.25, 0.3) is 11.6 Å². The summed E-state index contributed by atoms with van der Waals surface area (Å²) in [6, 6.07) is 21.4. The minimum atomic E-state index is -0.451. The van der Waals surface area contributed by atoms with E-state index in [2.05, 4.69) is 5.32 Å². The lowest BCUT2D eigenvalue weighted by Crippen LogP contribution is -2.30. The van der Waals surface area contributed by atoms with Gasteiger partial charge in [0.1, 0.15) is 5.70 Å². The maximum atomic E-state index is 13.3. The van der Waals surface area contributed by atoms with Crippen LogP contribution in [0.1, 0.15) is 22.7 Å². The zero-order valence-electron chi connectivity index (χ0n) is 16.7. The number of rotatable bonds is 5. The van der Waals surface area contributed by atoms with Crippen LogP contribution in [0, 0.1) is 24.0 Å². The topological polar surface area (TPSA) is 75.5 Å². The largest absolute Gasteiger partial charge is 0.351 e. The van der Waals surface area contributed by atoms with Gasteiger partial charge in [-0.05, 0) is 49.8 Å². The fraction of sp³-hybridized carbons (Fsp3) is 0.125. The predicted molar refractivity (Wildman–Crippen MR) is 117 cm³/mol. The number of anilines is 2. The van der Waals surface area contributed by atoms with Crippen LogP contribution in [-0.2, 0) is 4.79 Å². The van der Waals surface area contributed by atoms with Crippen LogP contribution < -0.4 is 10.2 Å². The molecular weight excluding hydrogens is 378 g/mol. The fourth-order valence-corrected chi connectivity index (χ4v) is 3.50. The van der Waals surface area contributed by atoms with Crippen LogP contribution in [0.25, 0.3) is 0 Å². The number of carbonyl (C=O) groups excluding carboxylic acids is 1. The van der Waals surface area contributed by atoms with E-state index in [0.29, 0.717) is 11.3 Å². The van der Waals surface area contributed by atoms with Crippen LogP contribution >= 0.6 is 0 Å². The van der Waals surface area contributed by atoms with E-state index in [1.807, 2.05) is 68.5 Å².